The molecule has 0 aromatic heterocycles. The molecule has 1 aromatic rings. The minimum absolute atomic E-state index is 0. The molecule has 0 bridgehead atoms. The molecule has 3 rings (SSSR count). The normalized spacial score (nSPS) is 24.4. The van der Waals surface area contributed by atoms with Crippen LogP contribution in [0, 0.1) is 18.8 Å². The zero-order valence-corrected chi connectivity index (χ0v) is 14.9. The molecule has 1 N–H and O–H groups in total. The summed E-state index contributed by atoms with van der Waals surface area (Å²) >= 11 is 1.69. The highest BCUT2D eigenvalue weighted by Crippen LogP contribution is 2.28. The van der Waals surface area contributed by atoms with Crippen LogP contribution in [0.25, 0.3) is 0 Å². The minimum atomic E-state index is 0. The molecular weight excluding hydrogens is 316 g/mol. The molecule has 122 valence electrons. The van der Waals surface area contributed by atoms with Crippen molar-refractivity contribution in [2.45, 2.75) is 24.7 Å². The van der Waals surface area contributed by atoms with Crippen LogP contribution in [0.5, 0.6) is 0 Å². The molecule has 0 aliphatic carbocycles. The molecule has 1 aromatic carbocycles. The first kappa shape index (κ1) is 17.6. The van der Waals surface area contributed by atoms with E-state index in [1.54, 1.807) is 11.8 Å². The van der Waals surface area contributed by atoms with Crippen molar-refractivity contribution in [3.63, 3.8) is 0 Å². The summed E-state index contributed by atoms with van der Waals surface area (Å²) in [5.74, 6) is 1.75. The number of halogens is 1. The molecule has 2 aliphatic rings. The van der Waals surface area contributed by atoms with Crippen molar-refractivity contribution < 1.29 is 4.79 Å². The van der Waals surface area contributed by atoms with Crippen LogP contribution in [0.2, 0.25) is 0 Å². The second-order valence-electron chi connectivity index (χ2n) is 6.23. The third-order valence-corrected chi connectivity index (χ3v) is 5.71. The van der Waals surface area contributed by atoms with Crippen LogP contribution in [-0.2, 0) is 0 Å². The number of thioether (sulfide) groups is 1. The Morgan fingerprint density at radius 1 is 1.23 bits per heavy atom. The number of benzene rings is 1. The number of hydrogen-bond donors (Lipinski definition) is 1. The van der Waals surface area contributed by atoms with Gasteiger partial charge in [0, 0.05) is 23.5 Å². The quantitative estimate of drug-likeness (QED) is 0.839. The van der Waals surface area contributed by atoms with E-state index >= 15 is 0 Å². The molecule has 1 amide bonds. The van der Waals surface area contributed by atoms with Gasteiger partial charge in [-0.1, -0.05) is 6.07 Å². The second-order valence-corrected chi connectivity index (χ2v) is 7.11. The highest BCUT2D eigenvalue weighted by atomic mass is 35.5. The predicted octanol–water partition coefficient (Wildman–Crippen LogP) is 3.21. The largest absolute Gasteiger partial charge is 0.339 e. The number of carbonyl (C=O) groups excluding carboxylic acids is 1. The molecule has 0 saturated carbocycles. The summed E-state index contributed by atoms with van der Waals surface area (Å²) in [7, 11) is 0. The number of nitrogens with one attached hydrogen (secondary N) is 1. The first-order valence-corrected chi connectivity index (χ1v) is 9.06. The van der Waals surface area contributed by atoms with Crippen LogP contribution in [0.15, 0.2) is 23.1 Å². The number of nitrogens with zero attached hydrogens (tertiary/aromatic N) is 1. The van der Waals surface area contributed by atoms with E-state index in [4.69, 9.17) is 0 Å². The van der Waals surface area contributed by atoms with Crippen molar-refractivity contribution >= 4 is 30.1 Å². The average molecular weight is 341 g/mol. The Labute approximate surface area is 143 Å². The number of hydrogen-bond acceptors (Lipinski definition) is 3. The monoisotopic (exact) mass is 340 g/mol. The molecule has 2 atom stereocenters. The first-order valence-electron chi connectivity index (χ1n) is 7.83. The Bertz CT molecular complexity index is 523. The molecule has 2 heterocycles. The van der Waals surface area contributed by atoms with E-state index in [0.717, 1.165) is 62.0 Å². The van der Waals surface area contributed by atoms with Crippen molar-refractivity contribution in [1.29, 1.82) is 0 Å². The Kier molecular flexibility index (Phi) is 6.18. The number of carbonyl (C=O) groups is 1. The summed E-state index contributed by atoms with van der Waals surface area (Å²) in [6.45, 7) is 6.12. The van der Waals surface area contributed by atoms with Crippen LogP contribution in [0.3, 0.4) is 0 Å². The summed E-state index contributed by atoms with van der Waals surface area (Å²) in [5, 5.41) is 3.49. The third kappa shape index (κ3) is 3.61. The smallest absolute Gasteiger partial charge is 0.254 e. The van der Waals surface area contributed by atoms with Gasteiger partial charge in [0.15, 0.2) is 0 Å². The van der Waals surface area contributed by atoms with Crippen LogP contribution in [0.4, 0.5) is 0 Å². The second kappa shape index (κ2) is 7.71. The lowest BCUT2D eigenvalue weighted by Crippen LogP contribution is -2.33. The van der Waals surface area contributed by atoms with Crippen molar-refractivity contribution in [1.82, 2.24) is 10.2 Å². The first-order chi connectivity index (χ1) is 10.2. The van der Waals surface area contributed by atoms with Crippen LogP contribution >= 0.6 is 24.2 Å². The Morgan fingerprint density at radius 2 is 1.86 bits per heavy atom. The summed E-state index contributed by atoms with van der Waals surface area (Å²) < 4.78 is 0. The molecule has 0 radical (unpaired) electrons. The van der Waals surface area contributed by atoms with Crippen LogP contribution in [-0.4, -0.2) is 43.2 Å². The number of fused-ring (bicyclic) bond motifs is 1. The standard InChI is InChI=1S/C17H24N2OS.ClH/c1-12-3-4-15(21-2)9-16(12)17(20)19-7-5-13-10-18-11-14(13)6-8-19;/h3-4,9,13-14,18H,5-8,10-11H2,1-2H3;1H/t13-,14+;. The Balaban J connectivity index is 0.00000176. The molecule has 3 nitrogen and oxygen atoms in total. The maximum Gasteiger partial charge on any atom is 0.254 e. The van der Waals surface area contributed by atoms with Gasteiger partial charge in [0.1, 0.15) is 0 Å². The van der Waals surface area contributed by atoms with Crippen LogP contribution < -0.4 is 5.32 Å². The van der Waals surface area contributed by atoms with Gasteiger partial charge >= 0.3 is 0 Å². The number of likely N-dealkylation sites (tertiary alicyclic amines) is 1. The van der Waals surface area contributed by atoms with Gasteiger partial charge < -0.3 is 10.2 Å². The predicted molar refractivity (Wildman–Crippen MR) is 95.2 cm³/mol. The fraction of sp³-hybridized carbons (Fsp3) is 0.588. The van der Waals surface area contributed by atoms with Gasteiger partial charge in [0.25, 0.3) is 5.91 Å². The van der Waals surface area contributed by atoms with E-state index in [1.165, 1.54) is 4.90 Å². The molecular formula is C17H25ClN2OS. The van der Waals surface area contributed by atoms with Gasteiger partial charge in [0.2, 0.25) is 0 Å². The Hall–Kier alpha value is -0.710. The minimum Gasteiger partial charge on any atom is -0.339 e. The number of rotatable bonds is 2. The van der Waals surface area contributed by atoms with Crippen LogP contribution in [0.1, 0.15) is 28.8 Å². The molecule has 22 heavy (non-hydrogen) atoms. The van der Waals surface area contributed by atoms with Gasteiger partial charge in [-0.2, -0.15) is 0 Å². The lowest BCUT2D eigenvalue weighted by molar-refractivity contribution is 0.0757. The summed E-state index contributed by atoms with van der Waals surface area (Å²) in [4.78, 5) is 16.1. The maximum atomic E-state index is 12.9. The fourth-order valence-corrected chi connectivity index (χ4v) is 3.99. The van der Waals surface area contributed by atoms with Gasteiger partial charge in [0.05, 0.1) is 0 Å². The van der Waals surface area contributed by atoms with E-state index in [2.05, 4.69) is 34.7 Å². The van der Waals surface area contributed by atoms with Crippen molar-refractivity contribution in [2.24, 2.45) is 11.8 Å². The lowest BCUT2D eigenvalue weighted by Gasteiger charge is -2.22. The van der Waals surface area contributed by atoms with E-state index in [1.807, 2.05) is 6.92 Å². The molecule has 2 aliphatic heterocycles. The van der Waals surface area contributed by atoms with Crippen molar-refractivity contribution in [3.8, 4) is 0 Å². The van der Waals surface area contributed by atoms with Gasteiger partial charge in [-0.3, -0.25) is 4.79 Å². The Morgan fingerprint density at radius 3 is 2.45 bits per heavy atom. The third-order valence-electron chi connectivity index (χ3n) is 4.98. The van der Waals surface area contributed by atoms with Crippen molar-refractivity contribution in [3.05, 3.63) is 29.3 Å². The van der Waals surface area contributed by atoms with E-state index in [0.29, 0.717) is 0 Å². The lowest BCUT2D eigenvalue weighted by atomic mass is 9.92. The zero-order valence-electron chi connectivity index (χ0n) is 13.3. The fourth-order valence-electron chi connectivity index (χ4n) is 3.55. The van der Waals surface area contributed by atoms with Crippen molar-refractivity contribution in [2.75, 3.05) is 32.4 Å². The average Bonchev–Trinajstić information content (AvgIpc) is 2.86. The molecule has 2 saturated heterocycles. The topological polar surface area (TPSA) is 32.3 Å². The molecule has 5 heteroatoms. The highest BCUT2D eigenvalue weighted by molar-refractivity contribution is 7.98. The molecule has 0 spiro atoms. The molecule has 0 unspecified atom stereocenters. The van der Waals surface area contributed by atoms with E-state index in [9.17, 15) is 4.79 Å². The molecule has 2 fully saturated rings. The summed E-state index contributed by atoms with van der Waals surface area (Å²) in [6, 6.07) is 6.21. The number of amides is 1. The van der Waals surface area contributed by atoms with Gasteiger partial charge in [-0.25, -0.2) is 0 Å². The van der Waals surface area contributed by atoms with Gasteiger partial charge in [-0.15, -0.1) is 24.2 Å². The SMILES string of the molecule is CSc1ccc(C)c(C(=O)N2CC[C@@H]3CNC[C@@H]3CC2)c1.Cl. The number of aryl methyl sites for hydroxylation is 1. The van der Waals surface area contributed by atoms with E-state index in [-0.39, 0.29) is 18.3 Å². The highest BCUT2D eigenvalue weighted by Gasteiger charge is 2.31. The maximum absolute atomic E-state index is 12.9. The summed E-state index contributed by atoms with van der Waals surface area (Å²) in [6.07, 6.45) is 4.34. The zero-order chi connectivity index (χ0) is 14.8. The van der Waals surface area contributed by atoms with E-state index < -0.39 is 0 Å². The van der Waals surface area contributed by atoms with Gasteiger partial charge in [-0.05, 0) is 68.6 Å². The summed E-state index contributed by atoms with van der Waals surface area (Å²) in [5.41, 5.74) is 1.97.